The van der Waals surface area contributed by atoms with E-state index in [1.807, 2.05) is 33.0 Å². The van der Waals surface area contributed by atoms with E-state index in [-0.39, 0.29) is 18.0 Å². The number of anilines is 1. The molecule has 2 amide bonds. The fraction of sp³-hybridized carbons (Fsp3) is 0.559. The molecule has 2 N–H and O–H groups in total. The highest BCUT2D eigenvalue weighted by molar-refractivity contribution is 5.97. The summed E-state index contributed by atoms with van der Waals surface area (Å²) >= 11 is 0. The first-order valence-corrected chi connectivity index (χ1v) is 15.4. The highest BCUT2D eigenvalue weighted by Gasteiger charge is 2.37. The predicted molar refractivity (Wildman–Crippen MR) is 168 cm³/mol. The topological polar surface area (TPSA) is 95.0 Å². The van der Waals surface area contributed by atoms with Crippen LogP contribution >= 0.6 is 0 Å². The molecule has 1 saturated carbocycles. The van der Waals surface area contributed by atoms with Crippen LogP contribution in [-0.4, -0.2) is 58.3 Å². The number of ether oxygens (including phenoxy) is 1. The average molecular weight is 577 g/mol. The Kier molecular flexibility index (Phi) is 10.2. The van der Waals surface area contributed by atoms with Crippen LogP contribution in [-0.2, 0) is 19.4 Å². The second kappa shape index (κ2) is 13.6. The highest BCUT2D eigenvalue weighted by Crippen LogP contribution is 2.35. The van der Waals surface area contributed by atoms with Gasteiger partial charge in [-0.05, 0) is 109 Å². The van der Waals surface area contributed by atoms with E-state index in [0.717, 1.165) is 79.6 Å². The first-order valence-electron chi connectivity index (χ1n) is 15.4. The number of pyridine rings is 1. The number of hydrogen-bond acceptors (Lipinski definition) is 5. The van der Waals surface area contributed by atoms with Crippen molar-refractivity contribution in [3.8, 4) is 5.75 Å². The number of carboxylic acid groups (broad SMARTS) is 1. The zero-order valence-electron chi connectivity index (χ0n) is 26.2. The van der Waals surface area contributed by atoms with Crippen molar-refractivity contribution < 1.29 is 19.4 Å². The number of benzene rings is 1. The Bertz CT molecular complexity index is 1290. The lowest BCUT2D eigenvalue weighted by Crippen LogP contribution is -2.53. The molecule has 2 aliphatic rings. The van der Waals surface area contributed by atoms with Crippen LogP contribution in [0.4, 0.5) is 10.5 Å². The van der Waals surface area contributed by atoms with Gasteiger partial charge < -0.3 is 25.0 Å². The van der Waals surface area contributed by atoms with Gasteiger partial charge in [-0.1, -0.05) is 18.2 Å². The molecular weight excluding hydrogens is 528 g/mol. The Hall–Kier alpha value is -3.55. The van der Waals surface area contributed by atoms with Gasteiger partial charge in [0.25, 0.3) is 5.91 Å². The van der Waals surface area contributed by atoms with Crippen molar-refractivity contribution in [2.45, 2.75) is 110 Å². The molecule has 228 valence electrons. The molecule has 1 aromatic heterocycles. The van der Waals surface area contributed by atoms with Crippen LogP contribution in [0.1, 0.15) is 98.8 Å². The van der Waals surface area contributed by atoms with Crippen LogP contribution in [0, 0.1) is 6.92 Å². The molecule has 0 saturated heterocycles. The molecule has 42 heavy (non-hydrogen) atoms. The maximum Gasteiger partial charge on any atom is 0.407 e. The van der Waals surface area contributed by atoms with E-state index >= 15 is 0 Å². The summed E-state index contributed by atoms with van der Waals surface area (Å²) in [6.45, 7) is 11.3. The third-order valence-electron chi connectivity index (χ3n) is 8.73. The van der Waals surface area contributed by atoms with E-state index in [1.54, 1.807) is 18.2 Å². The fourth-order valence-electron chi connectivity index (χ4n) is 6.83. The Morgan fingerprint density at radius 3 is 2.45 bits per heavy atom. The summed E-state index contributed by atoms with van der Waals surface area (Å²) in [6.07, 6.45) is 14.1. The summed E-state index contributed by atoms with van der Waals surface area (Å²) in [4.78, 5) is 34.3. The standard InChI is InChI=1S/C34H48N4O4/c1-7-37(25-14-16-26(17-15-25)38(33(40)41)34(3,4)5)30-22-35-20-29-27(30)13-11-9-8-10-12-24-18-23(2)19-31(42-6)28(24)21-36-32(29)39/h9,11,18-20,22,25-26H,7-8,10,12-17,21H2,1-6H3,(H,36,39)(H,40,41)/t25-,26-. The van der Waals surface area contributed by atoms with E-state index < -0.39 is 11.6 Å². The molecule has 2 aromatic rings. The Labute approximate surface area is 251 Å². The van der Waals surface area contributed by atoms with Gasteiger partial charge in [0, 0.05) is 42.5 Å². The lowest BCUT2D eigenvalue weighted by Gasteiger charge is -2.45. The third-order valence-corrected chi connectivity index (χ3v) is 8.73. The SMILES string of the molecule is CCN(c1cncc2c1CC=CCCCc1cc(C)cc(OC)c1CNC2=O)[C@H]1CC[C@H](N(C(=O)O)C(C)(C)C)CC1. The molecule has 1 aliphatic heterocycles. The quantitative estimate of drug-likeness (QED) is 0.386. The summed E-state index contributed by atoms with van der Waals surface area (Å²) in [5, 5.41) is 13.1. The molecule has 4 rings (SSSR count). The number of fused-ring (bicyclic) bond motifs is 2. The number of aryl methyl sites for hydroxylation is 2. The van der Waals surface area contributed by atoms with Gasteiger partial charge >= 0.3 is 6.09 Å². The van der Waals surface area contributed by atoms with Crippen molar-refractivity contribution in [3.05, 3.63) is 64.5 Å². The van der Waals surface area contributed by atoms with Gasteiger partial charge in [0.05, 0.1) is 24.6 Å². The van der Waals surface area contributed by atoms with Crippen LogP contribution in [0.15, 0.2) is 36.7 Å². The number of nitrogens with one attached hydrogen (secondary N) is 1. The normalized spacial score (nSPS) is 19.7. The molecule has 8 heteroatoms. The summed E-state index contributed by atoms with van der Waals surface area (Å²) < 4.78 is 5.71. The van der Waals surface area contributed by atoms with E-state index in [1.165, 1.54) is 5.56 Å². The van der Waals surface area contributed by atoms with Crippen LogP contribution < -0.4 is 15.0 Å². The van der Waals surface area contributed by atoms with Gasteiger partial charge in [-0.2, -0.15) is 0 Å². The van der Waals surface area contributed by atoms with E-state index in [9.17, 15) is 14.7 Å². The number of allylic oxidation sites excluding steroid dienone is 2. The van der Waals surface area contributed by atoms with E-state index in [2.05, 4.69) is 47.3 Å². The van der Waals surface area contributed by atoms with Crippen molar-refractivity contribution in [3.63, 3.8) is 0 Å². The number of carbonyl (C=O) groups is 2. The number of methoxy groups -OCH3 is 1. The third kappa shape index (κ3) is 7.08. The second-order valence-corrected chi connectivity index (χ2v) is 12.6. The molecule has 8 nitrogen and oxygen atoms in total. The molecule has 1 fully saturated rings. The number of amides is 2. The summed E-state index contributed by atoms with van der Waals surface area (Å²) in [6, 6.07) is 4.49. The zero-order valence-corrected chi connectivity index (χ0v) is 26.2. The molecule has 0 atom stereocenters. The summed E-state index contributed by atoms with van der Waals surface area (Å²) in [7, 11) is 1.68. The Balaban J connectivity index is 1.62. The number of nitrogens with zero attached hydrogens (tertiary/aromatic N) is 3. The largest absolute Gasteiger partial charge is 0.496 e. The highest BCUT2D eigenvalue weighted by atomic mass is 16.5. The van der Waals surface area contributed by atoms with Crippen molar-refractivity contribution in [1.29, 1.82) is 0 Å². The minimum atomic E-state index is -0.852. The zero-order chi connectivity index (χ0) is 30.4. The first-order chi connectivity index (χ1) is 20.0. The van der Waals surface area contributed by atoms with Crippen LogP contribution in [0.5, 0.6) is 5.75 Å². The Morgan fingerprint density at radius 1 is 1.10 bits per heavy atom. The van der Waals surface area contributed by atoms with Gasteiger partial charge in [0.2, 0.25) is 0 Å². The second-order valence-electron chi connectivity index (χ2n) is 12.6. The molecule has 0 spiro atoms. The number of hydrogen-bond donors (Lipinski definition) is 2. The van der Waals surface area contributed by atoms with Gasteiger partial charge in [0.15, 0.2) is 0 Å². The maximum absolute atomic E-state index is 13.7. The minimum Gasteiger partial charge on any atom is -0.496 e. The fourth-order valence-corrected chi connectivity index (χ4v) is 6.83. The average Bonchev–Trinajstić information content (AvgIpc) is 2.95. The summed E-state index contributed by atoms with van der Waals surface area (Å²) in [5.74, 6) is 0.672. The smallest absolute Gasteiger partial charge is 0.407 e. The molecule has 0 radical (unpaired) electrons. The van der Waals surface area contributed by atoms with E-state index in [4.69, 9.17) is 4.74 Å². The van der Waals surface area contributed by atoms with Gasteiger partial charge in [0.1, 0.15) is 5.75 Å². The number of rotatable bonds is 5. The van der Waals surface area contributed by atoms with Crippen molar-refractivity contribution in [2.24, 2.45) is 0 Å². The lowest BCUT2D eigenvalue weighted by atomic mass is 9.86. The van der Waals surface area contributed by atoms with Crippen LogP contribution in [0.2, 0.25) is 0 Å². The van der Waals surface area contributed by atoms with Gasteiger partial charge in [-0.25, -0.2) is 4.79 Å². The van der Waals surface area contributed by atoms with Gasteiger partial charge in [-0.15, -0.1) is 0 Å². The maximum atomic E-state index is 13.7. The molecule has 1 aromatic carbocycles. The molecule has 0 unspecified atom stereocenters. The minimum absolute atomic E-state index is 0.00762. The van der Waals surface area contributed by atoms with Crippen LogP contribution in [0.3, 0.4) is 0 Å². The van der Waals surface area contributed by atoms with Crippen molar-refractivity contribution in [1.82, 2.24) is 15.2 Å². The van der Waals surface area contributed by atoms with Crippen molar-refractivity contribution >= 4 is 17.7 Å². The predicted octanol–water partition coefficient (Wildman–Crippen LogP) is 6.68. The molecule has 1 aliphatic carbocycles. The lowest BCUT2D eigenvalue weighted by molar-refractivity contribution is 0.0545. The first kappa shape index (κ1) is 31.4. The van der Waals surface area contributed by atoms with Gasteiger partial charge in [-0.3, -0.25) is 9.78 Å². The van der Waals surface area contributed by atoms with Crippen LogP contribution in [0.25, 0.3) is 0 Å². The molecule has 0 bridgehead atoms. The summed E-state index contributed by atoms with van der Waals surface area (Å²) in [5.41, 5.74) is 5.53. The van der Waals surface area contributed by atoms with Crippen molar-refractivity contribution in [2.75, 3.05) is 18.6 Å². The number of aromatic nitrogens is 1. The molecule has 2 heterocycles. The number of carbonyl (C=O) groups excluding carboxylic acids is 1. The molecular formula is C34H48N4O4. The Morgan fingerprint density at radius 2 is 1.81 bits per heavy atom. The van der Waals surface area contributed by atoms with E-state index in [0.29, 0.717) is 18.5 Å². The monoisotopic (exact) mass is 576 g/mol.